The monoisotopic (exact) mass is 150 g/mol. The molecule has 0 unspecified atom stereocenters. The van der Waals surface area contributed by atoms with Crippen LogP contribution in [0.3, 0.4) is 0 Å². The maximum absolute atomic E-state index is 9.11. The highest BCUT2D eigenvalue weighted by Gasteiger charge is 2.42. The summed E-state index contributed by atoms with van der Waals surface area (Å²) >= 11 is 0. The molecule has 2 aliphatic carbocycles. The van der Waals surface area contributed by atoms with Crippen molar-refractivity contribution >= 4 is 0 Å². The second-order valence-corrected chi connectivity index (χ2v) is 3.61. The zero-order valence-electron chi connectivity index (χ0n) is 6.61. The van der Waals surface area contributed by atoms with Gasteiger partial charge in [0.25, 0.3) is 0 Å². The second-order valence-electron chi connectivity index (χ2n) is 3.61. The normalized spacial score (nSPS) is 46.6. The highest BCUT2D eigenvalue weighted by atomic mass is 16.3. The molecule has 1 saturated carbocycles. The first-order chi connectivity index (χ1) is 5.36. The fourth-order valence-electron chi connectivity index (χ4n) is 2.57. The summed E-state index contributed by atoms with van der Waals surface area (Å²) < 4.78 is 0. The van der Waals surface area contributed by atoms with Crippen LogP contribution in [-0.2, 0) is 0 Å². The van der Waals surface area contributed by atoms with E-state index in [1.165, 1.54) is 6.42 Å². The lowest BCUT2D eigenvalue weighted by Crippen LogP contribution is -2.20. The molecule has 1 nitrogen and oxygen atoms in total. The Morgan fingerprint density at radius 2 is 2.18 bits per heavy atom. The van der Waals surface area contributed by atoms with E-state index >= 15 is 0 Å². The highest BCUT2D eigenvalue weighted by Crippen LogP contribution is 2.47. The first-order valence-corrected chi connectivity index (χ1v) is 4.28. The van der Waals surface area contributed by atoms with E-state index in [1.807, 2.05) is 6.08 Å². The molecule has 2 bridgehead atoms. The van der Waals surface area contributed by atoms with Crippen molar-refractivity contribution in [2.75, 3.05) is 6.61 Å². The van der Waals surface area contributed by atoms with Crippen LogP contribution in [0.1, 0.15) is 6.42 Å². The minimum Gasteiger partial charge on any atom is -0.396 e. The van der Waals surface area contributed by atoms with E-state index in [4.69, 9.17) is 5.11 Å². The fourth-order valence-corrected chi connectivity index (χ4v) is 2.57. The van der Waals surface area contributed by atoms with Crippen LogP contribution in [-0.4, -0.2) is 11.7 Å². The molecular formula is C10H14O. The van der Waals surface area contributed by atoms with Crippen LogP contribution in [0, 0.1) is 23.7 Å². The number of aliphatic hydroxyl groups excluding tert-OH is 1. The van der Waals surface area contributed by atoms with Crippen LogP contribution in [0.25, 0.3) is 0 Å². The second kappa shape index (κ2) is 2.49. The summed E-state index contributed by atoms with van der Waals surface area (Å²) in [5, 5.41) is 9.11. The van der Waals surface area contributed by atoms with Gasteiger partial charge in [-0.3, -0.25) is 0 Å². The van der Waals surface area contributed by atoms with E-state index in [2.05, 4.69) is 18.7 Å². The van der Waals surface area contributed by atoms with Gasteiger partial charge in [0.2, 0.25) is 0 Å². The molecule has 2 aliphatic rings. The van der Waals surface area contributed by atoms with Crippen molar-refractivity contribution in [3.63, 3.8) is 0 Å². The topological polar surface area (TPSA) is 20.2 Å². The van der Waals surface area contributed by atoms with Crippen molar-refractivity contribution in [3.8, 4) is 0 Å². The Kier molecular flexibility index (Phi) is 1.61. The predicted octanol–water partition coefficient (Wildman–Crippen LogP) is 1.60. The highest BCUT2D eigenvalue weighted by molar-refractivity contribution is 5.16. The maximum atomic E-state index is 9.11. The minimum absolute atomic E-state index is 0.322. The smallest absolute Gasteiger partial charge is 0.0470 e. The van der Waals surface area contributed by atoms with E-state index in [-0.39, 0.29) is 0 Å². The number of rotatable bonds is 2. The molecular weight excluding hydrogens is 136 g/mol. The van der Waals surface area contributed by atoms with Gasteiger partial charge in [-0.15, -0.1) is 6.58 Å². The van der Waals surface area contributed by atoms with Crippen LogP contribution < -0.4 is 0 Å². The SMILES string of the molecule is C=C[C@H]1[C@@H](CO)[C@@H]2C=C[C@@H]1C2. The number of hydrogen-bond acceptors (Lipinski definition) is 1. The lowest BCUT2D eigenvalue weighted by atomic mass is 9.84. The standard InChI is InChI=1S/C10H14O/c1-2-9-7-3-4-8(5-7)10(9)6-11/h2-4,7-11H,1,5-6H2/t7-,8-,9-,10+/m1/s1. The van der Waals surface area contributed by atoms with Crippen LogP contribution in [0.4, 0.5) is 0 Å². The van der Waals surface area contributed by atoms with Crippen molar-refractivity contribution in [2.24, 2.45) is 23.7 Å². The summed E-state index contributed by atoms with van der Waals surface area (Å²) in [7, 11) is 0. The van der Waals surface area contributed by atoms with E-state index in [9.17, 15) is 0 Å². The van der Waals surface area contributed by atoms with Gasteiger partial charge >= 0.3 is 0 Å². The van der Waals surface area contributed by atoms with Gasteiger partial charge in [0.05, 0.1) is 0 Å². The van der Waals surface area contributed by atoms with E-state index in [0.29, 0.717) is 30.3 Å². The zero-order chi connectivity index (χ0) is 7.84. The number of hydrogen-bond donors (Lipinski definition) is 1. The molecule has 0 aromatic carbocycles. The average Bonchev–Trinajstić information content (AvgIpc) is 2.60. The van der Waals surface area contributed by atoms with Gasteiger partial charge in [-0.2, -0.15) is 0 Å². The van der Waals surface area contributed by atoms with Crippen molar-refractivity contribution < 1.29 is 5.11 Å². The van der Waals surface area contributed by atoms with Gasteiger partial charge in [-0.25, -0.2) is 0 Å². The van der Waals surface area contributed by atoms with E-state index in [0.717, 1.165) is 0 Å². The Labute approximate surface area is 67.4 Å². The predicted molar refractivity (Wildman–Crippen MR) is 45.0 cm³/mol. The van der Waals surface area contributed by atoms with Crippen molar-refractivity contribution in [1.82, 2.24) is 0 Å². The molecule has 0 aliphatic heterocycles. The Hall–Kier alpha value is -0.560. The van der Waals surface area contributed by atoms with Gasteiger partial charge in [0.15, 0.2) is 0 Å². The van der Waals surface area contributed by atoms with Crippen molar-refractivity contribution in [3.05, 3.63) is 24.8 Å². The molecule has 0 amide bonds. The summed E-state index contributed by atoms with van der Waals surface area (Å²) in [6.07, 6.45) is 7.78. The first-order valence-electron chi connectivity index (χ1n) is 4.28. The van der Waals surface area contributed by atoms with Crippen molar-refractivity contribution in [1.29, 1.82) is 0 Å². The number of aliphatic hydroxyl groups is 1. The van der Waals surface area contributed by atoms with Gasteiger partial charge in [-0.05, 0) is 30.1 Å². The molecule has 0 saturated heterocycles. The van der Waals surface area contributed by atoms with Crippen LogP contribution in [0.2, 0.25) is 0 Å². The van der Waals surface area contributed by atoms with Gasteiger partial charge in [-0.1, -0.05) is 18.2 Å². The molecule has 0 aromatic heterocycles. The fraction of sp³-hybridized carbons (Fsp3) is 0.600. The molecule has 0 spiro atoms. The molecule has 60 valence electrons. The lowest BCUT2D eigenvalue weighted by molar-refractivity contribution is 0.183. The van der Waals surface area contributed by atoms with Crippen LogP contribution >= 0.6 is 0 Å². The quantitative estimate of drug-likeness (QED) is 0.593. The number of allylic oxidation sites excluding steroid dienone is 3. The van der Waals surface area contributed by atoms with Gasteiger partial charge < -0.3 is 5.11 Å². The number of fused-ring (bicyclic) bond motifs is 2. The Balaban J connectivity index is 2.21. The lowest BCUT2D eigenvalue weighted by Gasteiger charge is -2.22. The molecule has 1 N–H and O–H groups in total. The minimum atomic E-state index is 0.322. The third-order valence-corrected chi connectivity index (χ3v) is 3.17. The molecule has 2 rings (SSSR count). The maximum Gasteiger partial charge on any atom is 0.0470 e. The van der Waals surface area contributed by atoms with Crippen LogP contribution in [0.15, 0.2) is 24.8 Å². The molecule has 11 heavy (non-hydrogen) atoms. The zero-order valence-corrected chi connectivity index (χ0v) is 6.61. The summed E-state index contributed by atoms with van der Waals surface area (Å²) in [6, 6.07) is 0. The summed E-state index contributed by atoms with van der Waals surface area (Å²) in [5.74, 6) is 2.31. The summed E-state index contributed by atoms with van der Waals surface area (Å²) in [6.45, 7) is 4.14. The first kappa shape index (κ1) is 7.11. The van der Waals surface area contributed by atoms with Crippen LogP contribution in [0.5, 0.6) is 0 Å². The molecule has 1 fully saturated rings. The average molecular weight is 150 g/mol. The Bertz CT molecular complexity index is 195. The molecule has 0 aromatic rings. The molecule has 1 heteroatoms. The third kappa shape index (κ3) is 0.875. The summed E-state index contributed by atoms with van der Waals surface area (Å²) in [4.78, 5) is 0. The Morgan fingerprint density at radius 3 is 2.73 bits per heavy atom. The van der Waals surface area contributed by atoms with E-state index in [1.54, 1.807) is 0 Å². The van der Waals surface area contributed by atoms with Gasteiger partial charge in [0, 0.05) is 6.61 Å². The third-order valence-electron chi connectivity index (χ3n) is 3.17. The molecule has 0 heterocycles. The van der Waals surface area contributed by atoms with E-state index < -0.39 is 0 Å². The molecule has 0 radical (unpaired) electrons. The summed E-state index contributed by atoms with van der Waals surface area (Å²) in [5.41, 5.74) is 0. The van der Waals surface area contributed by atoms with Gasteiger partial charge in [0.1, 0.15) is 0 Å². The Morgan fingerprint density at radius 1 is 1.45 bits per heavy atom. The largest absolute Gasteiger partial charge is 0.396 e. The van der Waals surface area contributed by atoms with Crippen molar-refractivity contribution in [2.45, 2.75) is 6.42 Å². The molecule has 4 atom stereocenters.